The van der Waals surface area contributed by atoms with Crippen LogP contribution in [0.25, 0.3) is 0 Å². The van der Waals surface area contributed by atoms with Crippen molar-refractivity contribution in [3.05, 3.63) is 89.1 Å². The van der Waals surface area contributed by atoms with E-state index in [4.69, 9.17) is 10.1 Å². The zero-order valence-corrected chi connectivity index (χ0v) is 18.0. The number of para-hydroxylation sites is 1. The number of anilines is 2. The van der Waals surface area contributed by atoms with Crippen LogP contribution in [0.5, 0.6) is 0 Å². The van der Waals surface area contributed by atoms with Gasteiger partial charge in [-0.05, 0) is 47.5 Å². The first-order chi connectivity index (χ1) is 15.3. The maximum Gasteiger partial charge on any atom is 0.276 e. The molecule has 0 saturated carbocycles. The van der Waals surface area contributed by atoms with Crippen LogP contribution < -0.4 is 15.5 Å². The van der Waals surface area contributed by atoms with E-state index in [1.54, 1.807) is 60.7 Å². The maximum atomic E-state index is 12.6. The SMILES string of the molecule is CS(=O)(=O)Nc1cc(CNc2ccccc2C(=O)NOCc2ccc(C#N)cc2)ccn1. The number of aromatic nitrogens is 1. The van der Waals surface area contributed by atoms with Crippen molar-refractivity contribution in [2.75, 3.05) is 16.3 Å². The number of hydroxylamine groups is 1. The summed E-state index contributed by atoms with van der Waals surface area (Å²) in [6, 6.07) is 19.2. The second kappa shape index (κ2) is 10.4. The molecule has 9 nitrogen and oxygen atoms in total. The molecule has 0 radical (unpaired) electrons. The van der Waals surface area contributed by atoms with E-state index in [2.05, 4.69) is 20.5 Å². The summed E-state index contributed by atoms with van der Waals surface area (Å²) in [5.74, 6) is -0.204. The second-order valence-electron chi connectivity index (χ2n) is 6.85. The zero-order chi connectivity index (χ0) is 23.0. The predicted molar refractivity (Wildman–Crippen MR) is 120 cm³/mol. The van der Waals surface area contributed by atoms with E-state index in [1.165, 1.54) is 6.20 Å². The molecule has 2 aromatic carbocycles. The highest BCUT2D eigenvalue weighted by Crippen LogP contribution is 2.17. The van der Waals surface area contributed by atoms with Gasteiger partial charge in [0.15, 0.2) is 0 Å². The molecule has 0 saturated heterocycles. The van der Waals surface area contributed by atoms with E-state index in [0.717, 1.165) is 17.4 Å². The molecular formula is C22H21N5O4S. The molecular weight excluding hydrogens is 430 g/mol. The van der Waals surface area contributed by atoms with Crippen molar-refractivity contribution in [1.29, 1.82) is 5.26 Å². The molecule has 3 rings (SSSR count). The fourth-order valence-electron chi connectivity index (χ4n) is 2.78. The van der Waals surface area contributed by atoms with Crippen molar-refractivity contribution in [2.45, 2.75) is 13.2 Å². The Bertz CT molecular complexity index is 1240. The van der Waals surface area contributed by atoms with Gasteiger partial charge in [0.1, 0.15) is 5.82 Å². The van der Waals surface area contributed by atoms with Gasteiger partial charge in [0, 0.05) is 18.4 Å². The van der Waals surface area contributed by atoms with Crippen molar-refractivity contribution >= 4 is 27.4 Å². The van der Waals surface area contributed by atoms with E-state index >= 15 is 0 Å². The van der Waals surface area contributed by atoms with E-state index < -0.39 is 15.9 Å². The summed E-state index contributed by atoms with van der Waals surface area (Å²) >= 11 is 0. The largest absolute Gasteiger partial charge is 0.380 e. The van der Waals surface area contributed by atoms with Gasteiger partial charge < -0.3 is 5.32 Å². The lowest BCUT2D eigenvalue weighted by molar-refractivity contribution is 0.0234. The number of nitriles is 1. The van der Waals surface area contributed by atoms with Gasteiger partial charge in [-0.2, -0.15) is 5.26 Å². The zero-order valence-electron chi connectivity index (χ0n) is 17.2. The highest BCUT2D eigenvalue weighted by molar-refractivity contribution is 7.92. The third-order valence-electron chi connectivity index (χ3n) is 4.26. The molecule has 0 aliphatic heterocycles. The van der Waals surface area contributed by atoms with Crippen LogP contribution in [0.4, 0.5) is 11.5 Å². The summed E-state index contributed by atoms with van der Waals surface area (Å²) in [4.78, 5) is 21.9. The summed E-state index contributed by atoms with van der Waals surface area (Å²) in [6.07, 6.45) is 2.55. The van der Waals surface area contributed by atoms with Crippen LogP contribution >= 0.6 is 0 Å². The average molecular weight is 452 g/mol. The number of nitrogens with one attached hydrogen (secondary N) is 3. The number of hydrogen-bond donors (Lipinski definition) is 3. The third-order valence-corrected chi connectivity index (χ3v) is 4.84. The van der Waals surface area contributed by atoms with Crippen LogP contribution in [-0.4, -0.2) is 25.6 Å². The van der Waals surface area contributed by atoms with E-state index in [0.29, 0.717) is 23.4 Å². The van der Waals surface area contributed by atoms with Crippen molar-refractivity contribution in [3.63, 3.8) is 0 Å². The van der Waals surface area contributed by atoms with Gasteiger partial charge in [-0.25, -0.2) is 18.9 Å². The summed E-state index contributed by atoms with van der Waals surface area (Å²) in [5.41, 5.74) is 5.52. The van der Waals surface area contributed by atoms with Gasteiger partial charge in [0.2, 0.25) is 10.0 Å². The minimum atomic E-state index is -3.43. The molecule has 0 aliphatic carbocycles. The fraction of sp³-hybridized carbons (Fsp3) is 0.136. The Hall–Kier alpha value is -3.94. The molecule has 164 valence electrons. The first-order valence-corrected chi connectivity index (χ1v) is 11.4. The number of rotatable bonds is 9. The molecule has 0 atom stereocenters. The average Bonchev–Trinajstić information content (AvgIpc) is 2.77. The molecule has 0 fully saturated rings. The first-order valence-electron chi connectivity index (χ1n) is 9.51. The number of nitrogens with zero attached hydrogens (tertiary/aromatic N) is 2. The van der Waals surface area contributed by atoms with Gasteiger partial charge in [-0.1, -0.05) is 24.3 Å². The molecule has 3 aromatic rings. The summed E-state index contributed by atoms with van der Waals surface area (Å²) in [7, 11) is -3.43. The Morgan fingerprint density at radius 2 is 1.84 bits per heavy atom. The topological polar surface area (TPSA) is 133 Å². The molecule has 0 unspecified atom stereocenters. The molecule has 0 bridgehead atoms. The smallest absolute Gasteiger partial charge is 0.276 e. The van der Waals surface area contributed by atoms with E-state index in [9.17, 15) is 13.2 Å². The number of benzene rings is 2. The molecule has 0 aliphatic rings. The van der Waals surface area contributed by atoms with Crippen LogP contribution in [0.1, 0.15) is 27.0 Å². The standard InChI is InChI=1S/C22H21N5O4S/c1-32(29,30)27-21-12-18(10-11-24-21)14-25-20-5-3-2-4-19(20)22(28)26-31-15-17-8-6-16(13-23)7-9-17/h2-12,25H,14-15H2,1H3,(H,24,27)(H,26,28). The maximum absolute atomic E-state index is 12.6. The minimum absolute atomic E-state index is 0.153. The van der Waals surface area contributed by atoms with E-state index in [-0.39, 0.29) is 12.4 Å². The molecule has 1 amide bonds. The summed E-state index contributed by atoms with van der Waals surface area (Å²) in [6.45, 7) is 0.498. The van der Waals surface area contributed by atoms with Crippen molar-refractivity contribution in [3.8, 4) is 6.07 Å². The highest BCUT2D eigenvalue weighted by Gasteiger charge is 2.11. The normalized spacial score (nSPS) is 10.8. The fourth-order valence-corrected chi connectivity index (χ4v) is 3.27. The number of amides is 1. The summed E-state index contributed by atoms with van der Waals surface area (Å²) in [5, 5.41) is 12.0. The number of carbonyl (C=O) groups is 1. The van der Waals surface area contributed by atoms with Crippen LogP contribution in [0.15, 0.2) is 66.9 Å². The van der Waals surface area contributed by atoms with Crippen molar-refractivity contribution in [2.24, 2.45) is 0 Å². The van der Waals surface area contributed by atoms with Crippen LogP contribution in [0.2, 0.25) is 0 Å². The first kappa shape index (κ1) is 22.7. The molecule has 32 heavy (non-hydrogen) atoms. The van der Waals surface area contributed by atoms with Gasteiger partial charge in [0.25, 0.3) is 5.91 Å². The quantitative estimate of drug-likeness (QED) is 0.426. The Balaban J connectivity index is 1.59. The Morgan fingerprint density at radius 3 is 2.56 bits per heavy atom. The van der Waals surface area contributed by atoms with Gasteiger partial charge >= 0.3 is 0 Å². The van der Waals surface area contributed by atoms with Gasteiger partial charge in [-0.3, -0.25) is 14.4 Å². The Morgan fingerprint density at radius 1 is 1.09 bits per heavy atom. The molecule has 1 aromatic heterocycles. The van der Waals surface area contributed by atoms with Crippen molar-refractivity contribution < 1.29 is 18.0 Å². The second-order valence-corrected chi connectivity index (χ2v) is 8.60. The lowest BCUT2D eigenvalue weighted by atomic mass is 10.1. The molecule has 1 heterocycles. The van der Waals surface area contributed by atoms with Crippen molar-refractivity contribution in [1.82, 2.24) is 10.5 Å². The summed E-state index contributed by atoms with van der Waals surface area (Å²) < 4.78 is 25.1. The third kappa shape index (κ3) is 6.80. The van der Waals surface area contributed by atoms with Crippen LogP contribution in [0, 0.1) is 11.3 Å². The van der Waals surface area contributed by atoms with Crippen LogP contribution in [0.3, 0.4) is 0 Å². The Kier molecular flexibility index (Phi) is 7.38. The van der Waals surface area contributed by atoms with Gasteiger partial charge in [0.05, 0.1) is 30.1 Å². The number of hydrogen-bond acceptors (Lipinski definition) is 7. The number of carbonyl (C=O) groups excluding carboxylic acids is 1. The Labute approximate surface area is 186 Å². The predicted octanol–water partition coefficient (Wildman–Crippen LogP) is 2.80. The monoisotopic (exact) mass is 451 g/mol. The highest BCUT2D eigenvalue weighted by atomic mass is 32.2. The number of sulfonamides is 1. The molecule has 0 spiro atoms. The van der Waals surface area contributed by atoms with Crippen LogP contribution in [-0.2, 0) is 28.0 Å². The lowest BCUT2D eigenvalue weighted by Gasteiger charge is -2.13. The molecule has 3 N–H and O–H groups in total. The minimum Gasteiger partial charge on any atom is -0.380 e. The number of pyridine rings is 1. The van der Waals surface area contributed by atoms with Gasteiger partial charge in [-0.15, -0.1) is 0 Å². The van der Waals surface area contributed by atoms with E-state index in [1.807, 2.05) is 6.07 Å². The lowest BCUT2D eigenvalue weighted by Crippen LogP contribution is -2.24. The molecule has 10 heteroatoms.